The van der Waals surface area contributed by atoms with Crippen molar-refractivity contribution in [1.29, 1.82) is 0 Å². The number of ether oxygens (including phenoxy) is 1. The number of aliphatic hydroxyl groups excluding tert-OH is 1. The van der Waals surface area contributed by atoms with Crippen LogP contribution in [0.25, 0.3) is 0 Å². The quantitative estimate of drug-likeness (QED) is 0.577. The highest BCUT2D eigenvalue weighted by molar-refractivity contribution is 4.44. The molecular weight excluding hydrogens is 140 g/mol. The number of rotatable bonds is 7. The summed E-state index contributed by atoms with van der Waals surface area (Å²) in [4.78, 5) is 0. The van der Waals surface area contributed by atoms with E-state index in [0.717, 1.165) is 19.4 Å². The Morgan fingerprint density at radius 3 is 2.55 bits per heavy atom. The smallest absolute Gasteiger partial charge is 0.0534 e. The SMILES string of the molecule is CCCCCOCC[C@@H](C)O. The Morgan fingerprint density at radius 2 is 2.00 bits per heavy atom. The largest absolute Gasteiger partial charge is 0.393 e. The molecular formula is C9H20O2. The standard InChI is InChI=1S/C9H20O2/c1-3-4-5-7-11-8-6-9(2)10/h9-10H,3-8H2,1-2H3/t9-/m1/s1. The van der Waals surface area contributed by atoms with Gasteiger partial charge in [0.1, 0.15) is 0 Å². The zero-order valence-electron chi connectivity index (χ0n) is 7.68. The van der Waals surface area contributed by atoms with Crippen LogP contribution in [-0.4, -0.2) is 24.4 Å². The van der Waals surface area contributed by atoms with Crippen LogP contribution < -0.4 is 0 Å². The maximum absolute atomic E-state index is 8.88. The van der Waals surface area contributed by atoms with Gasteiger partial charge in [-0.3, -0.25) is 0 Å². The van der Waals surface area contributed by atoms with E-state index >= 15 is 0 Å². The lowest BCUT2D eigenvalue weighted by molar-refractivity contribution is 0.0872. The van der Waals surface area contributed by atoms with Crippen LogP contribution in [0, 0.1) is 0 Å². The summed E-state index contributed by atoms with van der Waals surface area (Å²) >= 11 is 0. The molecule has 0 aromatic heterocycles. The summed E-state index contributed by atoms with van der Waals surface area (Å²) in [7, 11) is 0. The van der Waals surface area contributed by atoms with E-state index in [-0.39, 0.29) is 6.10 Å². The highest BCUT2D eigenvalue weighted by Crippen LogP contribution is 1.96. The van der Waals surface area contributed by atoms with E-state index in [2.05, 4.69) is 6.92 Å². The van der Waals surface area contributed by atoms with Gasteiger partial charge >= 0.3 is 0 Å². The lowest BCUT2D eigenvalue weighted by atomic mass is 10.3. The molecule has 0 aliphatic rings. The van der Waals surface area contributed by atoms with Crippen LogP contribution in [0.5, 0.6) is 0 Å². The molecule has 0 amide bonds. The van der Waals surface area contributed by atoms with Gasteiger partial charge in [-0.05, 0) is 19.8 Å². The first-order valence-corrected chi connectivity index (χ1v) is 4.53. The minimum atomic E-state index is -0.221. The van der Waals surface area contributed by atoms with Crippen molar-refractivity contribution in [1.82, 2.24) is 0 Å². The molecule has 0 rings (SSSR count). The van der Waals surface area contributed by atoms with E-state index in [1.165, 1.54) is 12.8 Å². The molecule has 0 aromatic rings. The first-order valence-electron chi connectivity index (χ1n) is 4.53. The number of aliphatic hydroxyl groups is 1. The van der Waals surface area contributed by atoms with Gasteiger partial charge in [0.25, 0.3) is 0 Å². The van der Waals surface area contributed by atoms with Crippen molar-refractivity contribution in [2.45, 2.75) is 45.6 Å². The second-order valence-corrected chi connectivity index (χ2v) is 2.96. The summed E-state index contributed by atoms with van der Waals surface area (Å²) in [6.07, 6.45) is 4.16. The van der Waals surface area contributed by atoms with Gasteiger partial charge in [0.15, 0.2) is 0 Å². The zero-order chi connectivity index (χ0) is 8.53. The average Bonchev–Trinajstić information content (AvgIpc) is 1.96. The van der Waals surface area contributed by atoms with Crippen molar-refractivity contribution in [3.05, 3.63) is 0 Å². The van der Waals surface area contributed by atoms with Crippen molar-refractivity contribution in [2.24, 2.45) is 0 Å². The van der Waals surface area contributed by atoms with Gasteiger partial charge < -0.3 is 9.84 Å². The monoisotopic (exact) mass is 160 g/mol. The Labute approximate surface area is 69.6 Å². The molecule has 0 aromatic carbocycles. The van der Waals surface area contributed by atoms with Crippen molar-refractivity contribution in [3.8, 4) is 0 Å². The van der Waals surface area contributed by atoms with Gasteiger partial charge in [-0.15, -0.1) is 0 Å². The Bertz CT molecular complexity index is 72.0. The molecule has 0 fully saturated rings. The first-order chi connectivity index (χ1) is 5.27. The van der Waals surface area contributed by atoms with Gasteiger partial charge in [0, 0.05) is 13.2 Å². The van der Waals surface area contributed by atoms with Gasteiger partial charge in [-0.2, -0.15) is 0 Å². The van der Waals surface area contributed by atoms with Crippen LogP contribution in [0.3, 0.4) is 0 Å². The van der Waals surface area contributed by atoms with E-state index in [1.807, 2.05) is 0 Å². The maximum atomic E-state index is 8.88. The Kier molecular flexibility index (Phi) is 7.96. The predicted molar refractivity (Wildman–Crippen MR) is 46.6 cm³/mol. The molecule has 0 bridgehead atoms. The lowest BCUT2D eigenvalue weighted by Gasteiger charge is -2.04. The van der Waals surface area contributed by atoms with E-state index in [1.54, 1.807) is 6.92 Å². The van der Waals surface area contributed by atoms with Crippen molar-refractivity contribution in [3.63, 3.8) is 0 Å². The molecule has 11 heavy (non-hydrogen) atoms. The summed E-state index contributed by atoms with van der Waals surface area (Å²) in [5, 5.41) is 8.88. The normalized spacial score (nSPS) is 13.4. The Morgan fingerprint density at radius 1 is 1.27 bits per heavy atom. The van der Waals surface area contributed by atoms with E-state index in [9.17, 15) is 0 Å². The van der Waals surface area contributed by atoms with E-state index in [4.69, 9.17) is 9.84 Å². The molecule has 0 radical (unpaired) electrons. The molecule has 0 heterocycles. The summed E-state index contributed by atoms with van der Waals surface area (Å²) < 4.78 is 5.29. The molecule has 68 valence electrons. The fourth-order valence-electron chi connectivity index (χ4n) is 0.810. The fraction of sp³-hybridized carbons (Fsp3) is 1.00. The van der Waals surface area contributed by atoms with Crippen molar-refractivity contribution in [2.75, 3.05) is 13.2 Å². The van der Waals surface area contributed by atoms with Crippen LogP contribution in [0.4, 0.5) is 0 Å². The second kappa shape index (κ2) is 8.02. The third-order valence-electron chi connectivity index (χ3n) is 1.57. The molecule has 1 atom stereocenters. The number of hydrogen-bond acceptors (Lipinski definition) is 2. The van der Waals surface area contributed by atoms with Crippen LogP contribution in [0.1, 0.15) is 39.5 Å². The minimum Gasteiger partial charge on any atom is -0.393 e. The van der Waals surface area contributed by atoms with E-state index in [0.29, 0.717) is 6.61 Å². The van der Waals surface area contributed by atoms with E-state index < -0.39 is 0 Å². The third-order valence-corrected chi connectivity index (χ3v) is 1.57. The van der Waals surface area contributed by atoms with Gasteiger partial charge in [-0.1, -0.05) is 19.8 Å². The molecule has 1 N–H and O–H groups in total. The summed E-state index contributed by atoms with van der Waals surface area (Å²) in [5.74, 6) is 0. The summed E-state index contributed by atoms with van der Waals surface area (Å²) in [5.41, 5.74) is 0. The van der Waals surface area contributed by atoms with Gasteiger partial charge in [0.2, 0.25) is 0 Å². The first kappa shape index (κ1) is 10.9. The highest BCUT2D eigenvalue weighted by Gasteiger charge is 1.94. The van der Waals surface area contributed by atoms with Crippen LogP contribution in [0.15, 0.2) is 0 Å². The Hall–Kier alpha value is -0.0800. The van der Waals surface area contributed by atoms with Crippen LogP contribution in [-0.2, 0) is 4.74 Å². The Balaban J connectivity index is 2.80. The van der Waals surface area contributed by atoms with Crippen molar-refractivity contribution < 1.29 is 9.84 Å². The summed E-state index contributed by atoms with van der Waals surface area (Å²) in [6.45, 7) is 5.51. The van der Waals surface area contributed by atoms with Gasteiger partial charge in [0.05, 0.1) is 6.10 Å². The van der Waals surface area contributed by atoms with Crippen LogP contribution >= 0.6 is 0 Å². The fourth-order valence-corrected chi connectivity index (χ4v) is 0.810. The highest BCUT2D eigenvalue weighted by atomic mass is 16.5. The molecule has 0 saturated carbocycles. The number of unbranched alkanes of at least 4 members (excludes halogenated alkanes) is 2. The predicted octanol–water partition coefficient (Wildman–Crippen LogP) is 1.96. The molecule has 2 heteroatoms. The lowest BCUT2D eigenvalue weighted by Crippen LogP contribution is -2.06. The molecule has 0 aliphatic heterocycles. The maximum Gasteiger partial charge on any atom is 0.0534 e. The van der Waals surface area contributed by atoms with Crippen molar-refractivity contribution >= 4 is 0 Å². The zero-order valence-corrected chi connectivity index (χ0v) is 7.68. The molecule has 0 saturated heterocycles. The average molecular weight is 160 g/mol. The molecule has 2 nitrogen and oxygen atoms in total. The molecule has 0 spiro atoms. The minimum absolute atomic E-state index is 0.221. The molecule has 0 unspecified atom stereocenters. The molecule has 0 aliphatic carbocycles. The topological polar surface area (TPSA) is 29.5 Å². The third kappa shape index (κ3) is 9.92. The summed E-state index contributed by atoms with van der Waals surface area (Å²) in [6, 6.07) is 0. The van der Waals surface area contributed by atoms with Crippen LogP contribution in [0.2, 0.25) is 0 Å². The van der Waals surface area contributed by atoms with Gasteiger partial charge in [-0.25, -0.2) is 0 Å². The number of hydrogen-bond donors (Lipinski definition) is 1. The second-order valence-electron chi connectivity index (χ2n) is 2.96.